The maximum absolute atomic E-state index is 12.8. The normalized spacial score (nSPS) is 15.1. The lowest BCUT2D eigenvalue weighted by atomic mass is 10.3. The Morgan fingerprint density at radius 2 is 1.88 bits per heavy atom. The first-order chi connectivity index (χ1) is 12.6. The van der Waals surface area contributed by atoms with Crippen LogP contribution < -0.4 is 10.1 Å². The molecule has 0 bridgehead atoms. The number of carbonyl (C=O) groups is 1. The van der Waals surface area contributed by atoms with E-state index in [2.05, 4.69) is 38.3 Å². The second-order valence-corrected chi connectivity index (χ2v) is 8.55. The molecular weight excluding hydrogens is 421 g/mol. The number of hydrogen-bond acceptors (Lipinski definition) is 4. The van der Waals surface area contributed by atoms with Crippen LogP contribution in [0.2, 0.25) is 0 Å². The molecule has 5 nitrogen and oxygen atoms in total. The predicted molar refractivity (Wildman–Crippen MR) is 104 cm³/mol. The van der Waals surface area contributed by atoms with Gasteiger partial charge in [0.15, 0.2) is 0 Å². The maximum atomic E-state index is 12.8. The molecule has 1 aliphatic rings. The molecule has 140 valence electrons. The summed E-state index contributed by atoms with van der Waals surface area (Å²) in [5, 5.41) is 2.87. The highest BCUT2D eigenvalue weighted by Gasteiger charge is 2.21. The van der Waals surface area contributed by atoms with Gasteiger partial charge < -0.3 is 15.0 Å². The second kappa shape index (κ2) is 9.34. The Morgan fingerprint density at radius 1 is 1.15 bits per heavy atom. The first kappa shape index (κ1) is 19.1. The summed E-state index contributed by atoms with van der Waals surface area (Å²) in [7, 11) is 0. The number of benzene rings is 1. The van der Waals surface area contributed by atoms with Gasteiger partial charge in [-0.15, -0.1) is 11.3 Å². The monoisotopic (exact) mass is 441 g/mol. The lowest BCUT2D eigenvalue weighted by molar-refractivity contribution is 0.135. The quantitative estimate of drug-likeness (QED) is 0.696. The molecule has 2 aromatic rings. The van der Waals surface area contributed by atoms with Crippen LogP contribution in [0.1, 0.15) is 4.88 Å². The maximum Gasteiger partial charge on any atom is 0.317 e. The molecule has 1 N–H and O–H groups in total. The van der Waals surface area contributed by atoms with E-state index in [0.29, 0.717) is 18.9 Å². The number of halogens is 2. The predicted octanol–water partition coefficient (Wildman–Crippen LogP) is 3.56. The molecule has 0 spiro atoms. The fraction of sp³-hybridized carbons (Fsp3) is 0.389. The Kier molecular flexibility index (Phi) is 6.87. The lowest BCUT2D eigenvalue weighted by Crippen LogP contribution is -2.51. The van der Waals surface area contributed by atoms with E-state index < -0.39 is 0 Å². The molecule has 2 amide bonds. The minimum Gasteiger partial charge on any atom is -0.492 e. The van der Waals surface area contributed by atoms with Gasteiger partial charge in [-0.1, -0.05) is 0 Å². The molecule has 0 radical (unpaired) electrons. The van der Waals surface area contributed by atoms with Gasteiger partial charge in [0, 0.05) is 37.6 Å². The summed E-state index contributed by atoms with van der Waals surface area (Å²) in [6.45, 7) is 4.87. The van der Waals surface area contributed by atoms with Crippen LogP contribution in [0.4, 0.5) is 9.18 Å². The number of thiophene rings is 1. The van der Waals surface area contributed by atoms with Gasteiger partial charge in [0.1, 0.15) is 18.2 Å². The molecule has 0 atom stereocenters. The topological polar surface area (TPSA) is 44.8 Å². The zero-order valence-electron chi connectivity index (χ0n) is 14.3. The number of carbonyl (C=O) groups excluding carboxylic acids is 1. The number of hydrogen-bond donors (Lipinski definition) is 1. The highest BCUT2D eigenvalue weighted by Crippen LogP contribution is 2.23. The van der Waals surface area contributed by atoms with Crippen LogP contribution in [0.25, 0.3) is 0 Å². The third-order valence-corrected chi connectivity index (χ3v) is 5.74. The van der Waals surface area contributed by atoms with Crippen molar-refractivity contribution in [3.8, 4) is 5.75 Å². The molecular formula is C18H21BrFN3O2S. The Bertz CT molecular complexity index is 717. The van der Waals surface area contributed by atoms with Gasteiger partial charge in [-0.05, 0) is 52.3 Å². The van der Waals surface area contributed by atoms with Gasteiger partial charge in [0.25, 0.3) is 0 Å². The summed E-state index contributed by atoms with van der Waals surface area (Å²) in [6.07, 6.45) is 0. The lowest BCUT2D eigenvalue weighted by Gasteiger charge is -2.34. The Labute approximate surface area is 164 Å². The average molecular weight is 442 g/mol. The molecule has 26 heavy (non-hydrogen) atoms. The number of piperazine rings is 1. The molecule has 0 saturated carbocycles. The zero-order chi connectivity index (χ0) is 18.4. The SMILES string of the molecule is O=C(NCCOc1ccc(F)cc1)N1CCN(Cc2ccc(Br)s2)CC1. The molecule has 3 rings (SSSR count). The van der Waals surface area contributed by atoms with Crippen molar-refractivity contribution in [2.45, 2.75) is 6.54 Å². The number of rotatable bonds is 6. The summed E-state index contributed by atoms with van der Waals surface area (Å²) in [6, 6.07) is 9.98. The number of nitrogens with one attached hydrogen (secondary N) is 1. The highest BCUT2D eigenvalue weighted by molar-refractivity contribution is 9.11. The van der Waals surface area contributed by atoms with Crippen LogP contribution in [0, 0.1) is 5.82 Å². The van der Waals surface area contributed by atoms with E-state index in [-0.39, 0.29) is 11.8 Å². The molecule has 1 saturated heterocycles. The van der Waals surface area contributed by atoms with Crippen molar-refractivity contribution in [2.24, 2.45) is 0 Å². The van der Waals surface area contributed by atoms with Crippen molar-refractivity contribution >= 4 is 33.3 Å². The van der Waals surface area contributed by atoms with Gasteiger partial charge in [-0.25, -0.2) is 9.18 Å². The first-order valence-corrected chi connectivity index (χ1v) is 10.1. The van der Waals surface area contributed by atoms with E-state index in [0.717, 1.165) is 36.5 Å². The fourth-order valence-electron chi connectivity index (χ4n) is 2.74. The fourth-order valence-corrected chi connectivity index (χ4v) is 4.26. The molecule has 1 aliphatic heterocycles. The van der Waals surface area contributed by atoms with Gasteiger partial charge in [0.2, 0.25) is 0 Å². The summed E-state index contributed by atoms with van der Waals surface area (Å²) >= 11 is 5.23. The molecule has 1 aromatic heterocycles. The van der Waals surface area contributed by atoms with E-state index >= 15 is 0 Å². The van der Waals surface area contributed by atoms with Crippen molar-refractivity contribution in [1.82, 2.24) is 15.1 Å². The molecule has 1 fully saturated rings. The van der Waals surface area contributed by atoms with E-state index in [1.54, 1.807) is 23.5 Å². The van der Waals surface area contributed by atoms with Crippen molar-refractivity contribution in [1.29, 1.82) is 0 Å². The van der Waals surface area contributed by atoms with E-state index in [1.165, 1.54) is 17.0 Å². The van der Waals surface area contributed by atoms with Gasteiger partial charge >= 0.3 is 6.03 Å². The number of nitrogens with zero attached hydrogens (tertiary/aromatic N) is 2. The second-order valence-electron chi connectivity index (χ2n) is 6.00. The third kappa shape index (κ3) is 5.69. The number of ether oxygens (including phenoxy) is 1. The Morgan fingerprint density at radius 3 is 2.54 bits per heavy atom. The van der Waals surface area contributed by atoms with Crippen LogP contribution in [-0.4, -0.2) is 55.2 Å². The number of amides is 2. The summed E-state index contributed by atoms with van der Waals surface area (Å²) in [5.74, 6) is 0.297. The summed E-state index contributed by atoms with van der Waals surface area (Å²) in [4.78, 5) is 17.7. The minimum atomic E-state index is -0.295. The van der Waals surface area contributed by atoms with Crippen LogP contribution >= 0.6 is 27.3 Å². The zero-order valence-corrected chi connectivity index (χ0v) is 16.7. The van der Waals surface area contributed by atoms with Gasteiger partial charge in [-0.3, -0.25) is 4.90 Å². The largest absolute Gasteiger partial charge is 0.492 e. The minimum absolute atomic E-state index is 0.0637. The van der Waals surface area contributed by atoms with Crippen LogP contribution in [0.15, 0.2) is 40.2 Å². The van der Waals surface area contributed by atoms with Gasteiger partial charge in [-0.2, -0.15) is 0 Å². The van der Waals surface area contributed by atoms with Crippen LogP contribution in [0.5, 0.6) is 5.75 Å². The molecule has 0 aliphatic carbocycles. The van der Waals surface area contributed by atoms with Crippen LogP contribution in [-0.2, 0) is 6.54 Å². The standard InChI is InChI=1S/C18H21BrFN3O2S/c19-17-6-5-16(26-17)13-22-8-10-23(11-9-22)18(24)21-7-12-25-15-3-1-14(20)2-4-15/h1-6H,7-13H2,(H,21,24). The van der Waals surface area contributed by atoms with Crippen LogP contribution in [0.3, 0.4) is 0 Å². The highest BCUT2D eigenvalue weighted by atomic mass is 79.9. The van der Waals surface area contributed by atoms with Crippen molar-refractivity contribution < 1.29 is 13.9 Å². The van der Waals surface area contributed by atoms with Crippen molar-refractivity contribution in [3.63, 3.8) is 0 Å². The Balaban J connectivity index is 1.32. The Hall–Kier alpha value is -1.64. The molecule has 8 heteroatoms. The summed E-state index contributed by atoms with van der Waals surface area (Å²) < 4.78 is 19.4. The van der Waals surface area contributed by atoms with E-state index in [9.17, 15) is 9.18 Å². The average Bonchev–Trinajstić information content (AvgIpc) is 3.05. The summed E-state index contributed by atoms with van der Waals surface area (Å²) in [5.41, 5.74) is 0. The first-order valence-electron chi connectivity index (χ1n) is 8.48. The molecule has 2 heterocycles. The molecule has 1 aromatic carbocycles. The van der Waals surface area contributed by atoms with Crippen molar-refractivity contribution in [2.75, 3.05) is 39.3 Å². The van der Waals surface area contributed by atoms with Gasteiger partial charge in [0.05, 0.1) is 10.3 Å². The van der Waals surface area contributed by atoms with E-state index in [4.69, 9.17) is 4.74 Å². The molecule has 0 unspecified atom stereocenters. The van der Waals surface area contributed by atoms with Crippen molar-refractivity contribution in [3.05, 3.63) is 50.9 Å². The van der Waals surface area contributed by atoms with E-state index in [1.807, 2.05) is 4.90 Å². The smallest absolute Gasteiger partial charge is 0.317 e. The number of urea groups is 1. The third-order valence-electron chi connectivity index (χ3n) is 4.13.